The van der Waals surface area contributed by atoms with Crippen LogP contribution in [0.15, 0.2) is 42.7 Å². The number of ether oxygens (including phenoxy) is 1. The van der Waals surface area contributed by atoms with Gasteiger partial charge in [0.25, 0.3) is 0 Å². The minimum atomic E-state index is -1.08. The zero-order valence-electron chi connectivity index (χ0n) is 11.9. The molecule has 1 N–H and O–H groups in total. The third-order valence-electron chi connectivity index (χ3n) is 3.37. The van der Waals surface area contributed by atoms with E-state index in [1.807, 2.05) is 0 Å². The number of carboxylic acid groups (broad SMARTS) is 1. The summed E-state index contributed by atoms with van der Waals surface area (Å²) in [6.45, 7) is 0.476. The van der Waals surface area contributed by atoms with Crippen molar-refractivity contribution in [3.8, 4) is 5.75 Å². The maximum absolute atomic E-state index is 13.3. The summed E-state index contributed by atoms with van der Waals surface area (Å²) in [7, 11) is 0. The van der Waals surface area contributed by atoms with E-state index < -0.39 is 17.6 Å². The number of aromatic nitrogens is 2. The van der Waals surface area contributed by atoms with Gasteiger partial charge in [0.2, 0.25) is 0 Å². The van der Waals surface area contributed by atoms with E-state index in [1.165, 1.54) is 12.4 Å². The molecule has 0 unspecified atom stereocenters. The molecule has 1 aromatic heterocycles. The van der Waals surface area contributed by atoms with Crippen molar-refractivity contribution in [2.45, 2.75) is 6.54 Å². The van der Waals surface area contributed by atoms with Gasteiger partial charge in [-0.3, -0.25) is 0 Å². The minimum Gasteiger partial charge on any atom is -0.491 e. The van der Waals surface area contributed by atoms with Gasteiger partial charge in [-0.15, -0.1) is 0 Å². The van der Waals surface area contributed by atoms with Gasteiger partial charge in [-0.1, -0.05) is 12.1 Å². The van der Waals surface area contributed by atoms with Crippen LogP contribution in [0.5, 0.6) is 5.75 Å². The molecular weight excluding hydrogens is 306 g/mol. The molecule has 0 aliphatic rings. The monoisotopic (exact) mass is 318 g/mol. The third kappa shape index (κ3) is 2.98. The lowest BCUT2D eigenvalue weighted by atomic mass is 10.2. The van der Waals surface area contributed by atoms with Crippen LogP contribution in [-0.2, 0) is 6.54 Å². The van der Waals surface area contributed by atoms with Crippen LogP contribution in [0, 0.1) is 11.6 Å². The number of carbonyl (C=O) groups is 1. The molecule has 0 saturated carbocycles. The molecule has 7 heteroatoms. The smallest absolute Gasteiger partial charge is 0.339 e. The molecule has 0 saturated heterocycles. The van der Waals surface area contributed by atoms with E-state index in [4.69, 9.17) is 9.84 Å². The Balaban J connectivity index is 1.75. The van der Waals surface area contributed by atoms with Crippen LogP contribution in [0.4, 0.5) is 8.78 Å². The summed E-state index contributed by atoms with van der Waals surface area (Å²) in [5, 5.41) is 9.07. The second kappa shape index (κ2) is 6.04. The molecule has 3 rings (SSSR count). The minimum absolute atomic E-state index is 0.0658. The molecular formula is C16H12F2N2O3. The average Bonchev–Trinajstić information content (AvgIpc) is 2.90. The number of imidazole rings is 1. The summed E-state index contributed by atoms with van der Waals surface area (Å²) in [5.74, 6) is -2.72. The van der Waals surface area contributed by atoms with Gasteiger partial charge in [0.05, 0.1) is 23.9 Å². The highest BCUT2D eigenvalue weighted by molar-refractivity contribution is 5.90. The van der Waals surface area contributed by atoms with Crippen molar-refractivity contribution in [1.82, 2.24) is 9.55 Å². The predicted molar refractivity (Wildman–Crippen MR) is 78.5 cm³/mol. The number of hydrogen-bond donors (Lipinski definition) is 1. The fourth-order valence-electron chi connectivity index (χ4n) is 2.25. The van der Waals surface area contributed by atoms with Crippen molar-refractivity contribution in [1.29, 1.82) is 0 Å². The second-order valence-corrected chi connectivity index (χ2v) is 4.84. The number of halogens is 2. The van der Waals surface area contributed by atoms with Gasteiger partial charge >= 0.3 is 5.97 Å². The Bertz CT molecular complexity index is 877. The number of aromatic carboxylic acids is 1. The molecule has 23 heavy (non-hydrogen) atoms. The van der Waals surface area contributed by atoms with Crippen LogP contribution in [-0.4, -0.2) is 27.2 Å². The van der Waals surface area contributed by atoms with Crippen LogP contribution in [0.25, 0.3) is 11.0 Å². The molecule has 0 amide bonds. The Hall–Kier alpha value is -2.96. The summed E-state index contributed by atoms with van der Waals surface area (Å²) in [6.07, 6.45) is 1.45. The first kappa shape index (κ1) is 15.0. The van der Waals surface area contributed by atoms with Crippen molar-refractivity contribution in [2.75, 3.05) is 6.61 Å². The number of fused-ring (bicyclic) bond motifs is 1. The Morgan fingerprint density at radius 3 is 2.74 bits per heavy atom. The zero-order chi connectivity index (χ0) is 16.4. The Labute approximate surface area is 129 Å². The van der Waals surface area contributed by atoms with Crippen LogP contribution in [0.2, 0.25) is 0 Å². The molecule has 5 nitrogen and oxygen atoms in total. The molecule has 0 spiro atoms. The molecule has 0 aliphatic carbocycles. The van der Waals surface area contributed by atoms with Gasteiger partial charge in [0, 0.05) is 12.1 Å². The van der Waals surface area contributed by atoms with E-state index in [1.54, 1.807) is 22.8 Å². The standard InChI is InChI=1S/C16H12F2N2O3/c17-11-7-13-14(8-12(11)18)20(9-19-13)5-6-23-15-4-2-1-3-10(15)16(21)22/h1-4,7-9H,5-6H2,(H,21,22). The number of nitrogens with zero attached hydrogens (tertiary/aromatic N) is 2. The molecule has 0 aliphatic heterocycles. The quantitative estimate of drug-likeness (QED) is 0.785. The molecule has 2 aromatic carbocycles. The lowest BCUT2D eigenvalue weighted by Gasteiger charge is -2.10. The highest BCUT2D eigenvalue weighted by Gasteiger charge is 2.11. The van der Waals surface area contributed by atoms with Gasteiger partial charge in [-0.2, -0.15) is 0 Å². The Morgan fingerprint density at radius 2 is 1.96 bits per heavy atom. The summed E-state index contributed by atoms with van der Waals surface area (Å²) in [4.78, 5) is 15.1. The highest BCUT2D eigenvalue weighted by atomic mass is 19.2. The lowest BCUT2D eigenvalue weighted by Crippen LogP contribution is -2.10. The molecule has 0 atom stereocenters. The van der Waals surface area contributed by atoms with Crippen LogP contribution < -0.4 is 4.74 Å². The van der Waals surface area contributed by atoms with Gasteiger partial charge in [-0.05, 0) is 12.1 Å². The fraction of sp³-hybridized carbons (Fsp3) is 0.125. The van der Waals surface area contributed by atoms with Crippen molar-refractivity contribution >= 4 is 17.0 Å². The van der Waals surface area contributed by atoms with E-state index in [0.29, 0.717) is 17.6 Å². The Kier molecular flexibility index (Phi) is 3.92. The topological polar surface area (TPSA) is 64.3 Å². The number of benzene rings is 2. The van der Waals surface area contributed by atoms with E-state index in [2.05, 4.69) is 4.98 Å². The Morgan fingerprint density at radius 1 is 1.22 bits per heavy atom. The average molecular weight is 318 g/mol. The first-order chi connectivity index (χ1) is 11.1. The molecule has 0 radical (unpaired) electrons. The normalized spacial score (nSPS) is 10.9. The van der Waals surface area contributed by atoms with Crippen LogP contribution in [0.1, 0.15) is 10.4 Å². The van der Waals surface area contributed by atoms with Gasteiger partial charge in [0.1, 0.15) is 17.9 Å². The molecule has 0 fully saturated rings. The van der Waals surface area contributed by atoms with Crippen LogP contribution in [0.3, 0.4) is 0 Å². The first-order valence-corrected chi connectivity index (χ1v) is 6.81. The summed E-state index contributed by atoms with van der Waals surface area (Å²) in [6, 6.07) is 8.39. The largest absolute Gasteiger partial charge is 0.491 e. The van der Waals surface area contributed by atoms with Crippen molar-refractivity contribution in [3.63, 3.8) is 0 Å². The third-order valence-corrected chi connectivity index (χ3v) is 3.37. The number of hydrogen-bond acceptors (Lipinski definition) is 3. The lowest BCUT2D eigenvalue weighted by molar-refractivity contribution is 0.0692. The van der Waals surface area contributed by atoms with E-state index in [-0.39, 0.29) is 17.9 Å². The van der Waals surface area contributed by atoms with E-state index >= 15 is 0 Å². The molecule has 118 valence electrons. The summed E-state index contributed by atoms with van der Waals surface area (Å²) in [5.41, 5.74) is 0.852. The van der Waals surface area contributed by atoms with Crippen LogP contribution >= 0.6 is 0 Å². The second-order valence-electron chi connectivity index (χ2n) is 4.84. The SMILES string of the molecule is O=C(O)c1ccccc1OCCn1cnc2cc(F)c(F)cc21. The first-order valence-electron chi connectivity index (χ1n) is 6.81. The number of para-hydroxylation sites is 1. The van der Waals surface area contributed by atoms with Gasteiger partial charge < -0.3 is 14.4 Å². The van der Waals surface area contributed by atoms with Gasteiger partial charge in [0.15, 0.2) is 11.6 Å². The van der Waals surface area contributed by atoms with E-state index in [9.17, 15) is 13.6 Å². The molecule has 1 heterocycles. The van der Waals surface area contributed by atoms with Crippen molar-refractivity contribution < 1.29 is 23.4 Å². The zero-order valence-corrected chi connectivity index (χ0v) is 11.9. The summed E-state index contributed by atoms with van der Waals surface area (Å²) >= 11 is 0. The maximum atomic E-state index is 13.3. The predicted octanol–water partition coefficient (Wildman–Crippen LogP) is 3.09. The van der Waals surface area contributed by atoms with Crippen molar-refractivity contribution in [3.05, 3.63) is 59.9 Å². The van der Waals surface area contributed by atoms with Crippen molar-refractivity contribution in [2.24, 2.45) is 0 Å². The maximum Gasteiger partial charge on any atom is 0.339 e. The number of rotatable bonds is 5. The van der Waals surface area contributed by atoms with E-state index in [0.717, 1.165) is 12.1 Å². The van der Waals surface area contributed by atoms with Gasteiger partial charge in [-0.25, -0.2) is 18.6 Å². The number of carboxylic acids is 1. The summed E-state index contributed by atoms with van der Waals surface area (Å²) < 4.78 is 33.6. The molecule has 0 bridgehead atoms. The highest BCUT2D eigenvalue weighted by Crippen LogP contribution is 2.19. The molecule has 3 aromatic rings. The fourth-order valence-corrected chi connectivity index (χ4v) is 2.25.